The van der Waals surface area contributed by atoms with Gasteiger partial charge in [0, 0.05) is 17.1 Å². The number of furan rings is 1. The van der Waals surface area contributed by atoms with Crippen molar-refractivity contribution < 1.29 is 9.21 Å². The van der Waals surface area contributed by atoms with Gasteiger partial charge >= 0.3 is 0 Å². The second-order valence-corrected chi connectivity index (χ2v) is 5.38. The summed E-state index contributed by atoms with van der Waals surface area (Å²) < 4.78 is 5.07. The third-order valence-electron chi connectivity index (χ3n) is 3.77. The Morgan fingerprint density at radius 1 is 0.913 bits per heavy atom. The van der Waals surface area contributed by atoms with E-state index in [0.29, 0.717) is 5.76 Å². The molecule has 0 aliphatic rings. The maximum Gasteiger partial charge on any atom is 0.291 e. The zero-order valence-corrected chi connectivity index (χ0v) is 13.1. The summed E-state index contributed by atoms with van der Waals surface area (Å²) in [4.78, 5) is 11.9. The number of carbonyl (C=O) groups is 1. The molecule has 0 fully saturated rings. The quantitative estimate of drug-likeness (QED) is 0.721. The van der Waals surface area contributed by atoms with Crippen LogP contribution in [0.3, 0.4) is 0 Å². The Balaban J connectivity index is 1.70. The first-order valence-electron chi connectivity index (χ1n) is 7.41. The maximum atomic E-state index is 11.9. The zero-order chi connectivity index (χ0) is 16.2. The highest BCUT2D eigenvalue weighted by Gasteiger charge is 2.08. The summed E-state index contributed by atoms with van der Waals surface area (Å²) in [5.41, 5.74) is 5.24. The molecule has 23 heavy (non-hydrogen) atoms. The summed E-state index contributed by atoms with van der Waals surface area (Å²) in [6.45, 7) is 4.18. The molecule has 3 aromatic rings. The number of hydrogen-bond acceptors (Lipinski definition) is 3. The molecule has 0 radical (unpaired) electrons. The van der Waals surface area contributed by atoms with E-state index in [1.165, 1.54) is 17.4 Å². The lowest BCUT2D eigenvalue weighted by Crippen LogP contribution is -2.10. The van der Waals surface area contributed by atoms with E-state index in [0.717, 1.165) is 17.1 Å². The van der Waals surface area contributed by atoms with Gasteiger partial charge in [-0.05, 0) is 67.4 Å². The lowest BCUT2D eigenvalue weighted by molar-refractivity contribution is 0.0996. The van der Waals surface area contributed by atoms with Crippen molar-refractivity contribution >= 4 is 23.0 Å². The Hall–Kier alpha value is -3.01. The van der Waals surface area contributed by atoms with Gasteiger partial charge in [-0.3, -0.25) is 4.79 Å². The fourth-order valence-electron chi connectivity index (χ4n) is 2.28. The molecular formula is C19H18N2O2. The van der Waals surface area contributed by atoms with E-state index in [-0.39, 0.29) is 5.91 Å². The van der Waals surface area contributed by atoms with Gasteiger partial charge in [-0.1, -0.05) is 12.1 Å². The van der Waals surface area contributed by atoms with Gasteiger partial charge in [-0.25, -0.2) is 0 Å². The van der Waals surface area contributed by atoms with Crippen molar-refractivity contribution in [1.29, 1.82) is 0 Å². The van der Waals surface area contributed by atoms with Crippen LogP contribution in [-0.2, 0) is 0 Å². The van der Waals surface area contributed by atoms with Gasteiger partial charge in [0.2, 0.25) is 0 Å². The number of rotatable bonds is 4. The summed E-state index contributed by atoms with van der Waals surface area (Å²) in [6.07, 6.45) is 1.48. The van der Waals surface area contributed by atoms with E-state index in [2.05, 4.69) is 36.6 Å². The van der Waals surface area contributed by atoms with Crippen LogP contribution in [0.1, 0.15) is 21.7 Å². The predicted molar refractivity (Wildman–Crippen MR) is 92.3 cm³/mol. The number of benzene rings is 2. The fourth-order valence-corrected chi connectivity index (χ4v) is 2.28. The molecule has 4 heteroatoms. The normalized spacial score (nSPS) is 10.3. The van der Waals surface area contributed by atoms with Gasteiger partial charge < -0.3 is 15.1 Å². The van der Waals surface area contributed by atoms with Gasteiger partial charge in [-0.2, -0.15) is 0 Å². The second kappa shape index (κ2) is 6.40. The van der Waals surface area contributed by atoms with E-state index in [1.807, 2.05) is 30.3 Å². The van der Waals surface area contributed by atoms with Crippen molar-refractivity contribution in [3.63, 3.8) is 0 Å². The second-order valence-electron chi connectivity index (χ2n) is 5.38. The highest BCUT2D eigenvalue weighted by molar-refractivity contribution is 6.02. The number of carbonyl (C=O) groups excluding carboxylic acids is 1. The number of anilines is 3. The zero-order valence-electron chi connectivity index (χ0n) is 13.1. The average molecular weight is 306 g/mol. The first-order valence-corrected chi connectivity index (χ1v) is 7.41. The highest BCUT2D eigenvalue weighted by Crippen LogP contribution is 2.24. The summed E-state index contributed by atoms with van der Waals surface area (Å²) in [5.74, 6) is 0.0350. The molecule has 0 saturated heterocycles. The molecule has 0 bridgehead atoms. The molecular weight excluding hydrogens is 288 g/mol. The van der Waals surface area contributed by atoms with Crippen LogP contribution in [0.2, 0.25) is 0 Å². The summed E-state index contributed by atoms with van der Waals surface area (Å²) in [5, 5.41) is 6.19. The fraction of sp³-hybridized carbons (Fsp3) is 0.105. The molecule has 0 aliphatic heterocycles. The van der Waals surface area contributed by atoms with Crippen LogP contribution in [0.5, 0.6) is 0 Å². The Morgan fingerprint density at radius 3 is 2.35 bits per heavy atom. The molecule has 1 amide bonds. The standard InChI is InChI=1S/C19H18N2O2/c1-13-5-3-6-17(14(13)2)20-15-8-10-16(11-9-15)21-19(22)18-7-4-12-23-18/h3-12,20H,1-2H3,(H,21,22). The molecule has 116 valence electrons. The number of hydrogen-bond donors (Lipinski definition) is 2. The minimum absolute atomic E-state index is 0.259. The molecule has 2 N–H and O–H groups in total. The van der Waals surface area contributed by atoms with Crippen molar-refractivity contribution in [2.45, 2.75) is 13.8 Å². The van der Waals surface area contributed by atoms with E-state index < -0.39 is 0 Å². The van der Waals surface area contributed by atoms with Crippen LogP contribution < -0.4 is 10.6 Å². The number of aryl methyl sites for hydroxylation is 1. The van der Waals surface area contributed by atoms with Crippen LogP contribution in [0.4, 0.5) is 17.1 Å². The van der Waals surface area contributed by atoms with Crippen molar-refractivity contribution in [3.8, 4) is 0 Å². The lowest BCUT2D eigenvalue weighted by Gasteiger charge is -2.12. The molecule has 3 rings (SSSR count). The number of nitrogens with one attached hydrogen (secondary N) is 2. The smallest absolute Gasteiger partial charge is 0.291 e. The number of amides is 1. The Bertz CT molecular complexity index is 806. The molecule has 1 aromatic heterocycles. The van der Waals surface area contributed by atoms with E-state index in [9.17, 15) is 4.79 Å². The van der Waals surface area contributed by atoms with Crippen molar-refractivity contribution in [2.75, 3.05) is 10.6 Å². The molecule has 0 spiro atoms. The molecule has 0 unspecified atom stereocenters. The molecule has 1 heterocycles. The van der Waals surface area contributed by atoms with Crippen LogP contribution in [0.25, 0.3) is 0 Å². The monoisotopic (exact) mass is 306 g/mol. The summed E-state index contributed by atoms with van der Waals surface area (Å²) in [6, 6.07) is 17.1. The highest BCUT2D eigenvalue weighted by atomic mass is 16.3. The lowest BCUT2D eigenvalue weighted by atomic mass is 10.1. The van der Waals surface area contributed by atoms with Gasteiger partial charge in [0.15, 0.2) is 5.76 Å². The van der Waals surface area contributed by atoms with E-state index >= 15 is 0 Å². The Labute approximate surface area is 135 Å². The Kier molecular flexibility index (Phi) is 4.15. The van der Waals surface area contributed by atoms with Crippen LogP contribution in [0, 0.1) is 13.8 Å². The van der Waals surface area contributed by atoms with Crippen LogP contribution in [-0.4, -0.2) is 5.91 Å². The SMILES string of the molecule is Cc1cccc(Nc2ccc(NC(=O)c3ccco3)cc2)c1C. The Morgan fingerprint density at radius 2 is 1.65 bits per heavy atom. The minimum atomic E-state index is -0.259. The van der Waals surface area contributed by atoms with Gasteiger partial charge in [0.05, 0.1) is 6.26 Å². The van der Waals surface area contributed by atoms with Crippen molar-refractivity contribution in [2.24, 2.45) is 0 Å². The van der Waals surface area contributed by atoms with Crippen LogP contribution in [0.15, 0.2) is 65.3 Å². The van der Waals surface area contributed by atoms with Crippen molar-refractivity contribution in [1.82, 2.24) is 0 Å². The molecule has 0 aliphatic carbocycles. The third kappa shape index (κ3) is 3.43. The molecule has 2 aromatic carbocycles. The van der Waals surface area contributed by atoms with Crippen molar-refractivity contribution in [3.05, 3.63) is 77.7 Å². The van der Waals surface area contributed by atoms with Gasteiger partial charge in [0.25, 0.3) is 5.91 Å². The predicted octanol–water partition coefficient (Wildman–Crippen LogP) is 4.89. The molecule has 4 nitrogen and oxygen atoms in total. The topological polar surface area (TPSA) is 54.3 Å². The van der Waals surface area contributed by atoms with Gasteiger partial charge in [0.1, 0.15) is 0 Å². The van der Waals surface area contributed by atoms with E-state index in [4.69, 9.17) is 4.42 Å². The van der Waals surface area contributed by atoms with Crippen LogP contribution >= 0.6 is 0 Å². The minimum Gasteiger partial charge on any atom is -0.459 e. The third-order valence-corrected chi connectivity index (χ3v) is 3.77. The average Bonchev–Trinajstić information content (AvgIpc) is 3.08. The first kappa shape index (κ1) is 14.9. The maximum absolute atomic E-state index is 11.9. The molecule has 0 atom stereocenters. The van der Waals surface area contributed by atoms with Gasteiger partial charge in [-0.15, -0.1) is 0 Å². The first-order chi connectivity index (χ1) is 11.1. The largest absolute Gasteiger partial charge is 0.459 e. The summed E-state index contributed by atoms with van der Waals surface area (Å²) in [7, 11) is 0. The van der Waals surface area contributed by atoms with E-state index in [1.54, 1.807) is 12.1 Å². The molecule has 0 saturated carbocycles. The summed E-state index contributed by atoms with van der Waals surface area (Å²) >= 11 is 0.